The van der Waals surface area contributed by atoms with E-state index in [-0.39, 0.29) is 12.2 Å². The average molecular weight is 497 g/mol. The number of esters is 1. The average Bonchev–Trinajstić information content (AvgIpc) is 3.27. The molecule has 0 atom stereocenters. The van der Waals surface area contributed by atoms with Gasteiger partial charge in [-0.25, -0.2) is 19.1 Å². The monoisotopic (exact) mass is 496 g/mol. The fraction of sp³-hybridized carbons (Fsp3) is 0.174. The Bertz CT molecular complexity index is 1470. The van der Waals surface area contributed by atoms with Crippen molar-refractivity contribution in [3.05, 3.63) is 81.0 Å². The summed E-state index contributed by atoms with van der Waals surface area (Å²) in [4.78, 5) is 55.4. The summed E-state index contributed by atoms with van der Waals surface area (Å²) < 4.78 is 7.87. The highest BCUT2D eigenvalue weighted by Crippen LogP contribution is 2.27. The first-order chi connectivity index (χ1) is 16.4. The molecule has 11 heteroatoms. The number of aromatic nitrogens is 3. The van der Waals surface area contributed by atoms with Gasteiger partial charge in [0.15, 0.2) is 9.99 Å². The van der Waals surface area contributed by atoms with Crippen LogP contribution in [0.3, 0.4) is 0 Å². The molecular weight excluding hydrogens is 476 g/mol. The third-order valence-corrected chi connectivity index (χ3v) is 6.90. The molecule has 0 saturated heterocycles. The first kappa shape index (κ1) is 23.5. The van der Waals surface area contributed by atoms with E-state index in [4.69, 9.17) is 0 Å². The normalized spacial score (nSPS) is 10.9. The Labute approximate surface area is 202 Å². The number of nitrogens with one attached hydrogen (secondary N) is 1. The third-order valence-electron chi connectivity index (χ3n) is 4.84. The summed E-state index contributed by atoms with van der Waals surface area (Å²) in [6.45, 7) is 1.62. The second kappa shape index (κ2) is 10.1. The summed E-state index contributed by atoms with van der Waals surface area (Å²) in [6.07, 6.45) is 0. The van der Waals surface area contributed by atoms with E-state index in [0.717, 1.165) is 10.3 Å². The molecule has 4 aromatic rings. The Hall–Kier alpha value is -3.70. The summed E-state index contributed by atoms with van der Waals surface area (Å²) in [5.74, 6) is -0.219. The minimum Gasteiger partial charge on any atom is -0.465 e. The van der Waals surface area contributed by atoms with Gasteiger partial charge in [-0.05, 0) is 42.2 Å². The van der Waals surface area contributed by atoms with Crippen molar-refractivity contribution >= 4 is 51.0 Å². The molecular formula is C23H20N4O5S2. The van der Waals surface area contributed by atoms with Crippen molar-refractivity contribution in [1.29, 1.82) is 0 Å². The van der Waals surface area contributed by atoms with Gasteiger partial charge in [0.05, 0.1) is 18.4 Å². The number of ether oxygens (including phenoxy) is 1. The van der Waals surface area contributed by atoms with E-state index in [1.165, 1.54) is 46.9 Å². The molecule has 0 spiro atoms. The predicted octanol–water partition coefficient (Wildman–Crippen LogP) is 3.15. The number of nitrogens with zero attached hydrogens (tertiary/aromatic N) is 3. The lowest BCUT2D eigenvalue weighted by atomic mass is 10.2. The minimum atomic E-state index is -0.654. The van der Waals surface area contributed by atoms with E-state index in [1.807, 2.05) is 6.92 Å². The minimum absolute atomic E-state index is 0.180. The van der Waals surface area contributed by atoms with Crippen molar-refractivity contribution in [2.75, 3.05) is 18.2 Å². The molecule has 9 nitrogen and oxygen atoms in total. The zero-order valence-corrected chi connectivity index (χ0v) is 19.9. The van der Waals surface area contributed by atoms with Gasteiger partial charge in [-0.3, -0.25) is 14.2 Å². The molecule has 174 valence electrons. The molecule has 0 aliphatic carbocycles. The number of carbonyl (C=O) groups is 2. The number of rotatable bonds is 7. The van der Waals surface area contributed by atoms with Crippen LogP contribution in [0.15, 0.2) is 68.5 Å². The fourth-order valence-corrected chi connectivity index (χ4v) is 5.27. The van der Waals surface area contributed by atoms with E-state index >= 15 is 0 Å². The van der Waals surface area contributed by atoms with Crippen molar-refractivity contribution in [1.82, 2.24) is 14.1 Å². The molecule has 0 aliphatic heterocycles. The molecule has 2 aromatic carbocycles. The smallest absolute Gasteiger partial charge is 0.337 e. The van der Waals surface area contributed by atoms with Crippen LogP contribution in [0.5, 0.6) is 0 Å². The molecule has 0 saturated carbocycles. The number of para-hydroxylation sites is 1. The van der Waals surface area contributed by atoms with Crippen LogP contribution in [0, 0.1) is 0 Å². The first-order valence-corrected chi connectivity index (χ1v) is 12.1. The number of anilines is 1. The van der Waals surface area contributed by atoms with Crippen LogP contribution in [0.2, 0.25) is 0 Å². The number of fused-ring (bicyclic) bond motifs is 1. The highest BCUT2D eigenvalue weighted by atomic mass is 32.2. The first-order valence-electron chi connectivity index (χ1n) is 10.3. The Balaban J connectivity index is 1.73. The third kappa shape index (κ3) is 4.66. The number of thiazole rings is 1. The lowest BCUT2D eigenvalue weighted by Crippen LogP contribution is -2.40. The van der Waals surface area contributed by atoms with Gasteiger partial charge in [-0.2, -0.15) is 0 Å². The van der Waals surface area contributed by atoms with Gasteiger partial charge in [0.25, 0.3) is 5.56 Å². The number of hydrogen-bond acceptors (Lipinski definition) is 8. The molecule has 1 N–H and O–H groups in total. The molecule has 34 heavy (non-hydrogen) atoms. The van der Waals surface area contributed by atoms with E-state index in [2.05, 4.69) is 15.0 Å². The van der Waals surface area contributed by atoms with Gasteiger partial charge in [-0.1, -0.05) is 36.9 Å². The number of hydrogen-bond donors (Lipinski definition) is 1. The van der Waals surface area contributed by atoms with Crippen LogP contribution in [0.1, 0.15) is 17.3 Å². The maximum Gasteiger partial charge on any atom is 0.337 e. The van der Waals surface area contributed by atoms with Crippen LogP contribution in [0.25, 0.3) is 16.0 Å². The second-order valence-corrected chi connectivity index (χ2v) is 9.54. The Morgan fingerprint density at radius 2 is 1.79 bits per heavy atom. The van der Waals surface area contributed by atoms with Gasteiger partial charge in [0, 0.05) is 5.69 Å². The van der Waals surface area contributed by atoms with Crippen LogP contribution < -0.4 is 16.6 Å². The topological polar surface area (TPSA) is 112 Å². The fourth-order valence-electron chi connectivity index (χ4n) is 3.30. The van der Waals surface area contributed by atoms with Crippen LogP contribution in [-0.4, -0.2) is 38.9 Å². The highest BCUT2D eigenvalue weighted by molar-refractivity contribution is 8.01. The molecule has 1 amide bonds. The van der Waals surface area contributed by atoms with Gasteiger partial charge >= 0.3 is 11.7 Å². The van der Waals surface area contributed by atoms with Crippen LogP contribution in [0.4, 0.5) is 5.69 Å². The van der Waals surface area contributed by atoms with E-state index in [1.54, 1.807) is 42.5 Å². The maximum absolute atomic E-state index is 13.4. The van der Waals surface area contributed by atoms with Gasteiger partial charge < -0.3 is 10.1 Å². The summed E-state index contributed by atoms with van der Waals surface area (Å²) in [6, 6.07) is 14.7. The Morgan fingerprint density at radius 1 is 1.09 bits per heavy atom. The largest absolute Gasteiger partial charge is 0.465 e. The predicted molar refractivity (Wildman–Crippen MR) is 132 cm³/mol. The molecule has 0 bridgehead atoms. The number of amides is 1. The summed E-state index contributed by atoms with van der Waals surface area (Å²) in [5.41, 5.74) is 0.250. The molecule has 0 unspecified atom stereocenters. The zero-order chi connectivity index (χ0) is 24.2. The quantitative estimate of drug-likeness (QED) is 0.309. The SMILES string of the molecule is CCSc1nc2c(s1)c(=O)n(-c1ccccc1)c(=O)n2CC(=O)Nc1ccc(C(=O)OC)cc1. The van der Waals surface area contributed by atoms with Crippen molar-refractivity contribution in [2.45, 2.75) is 17.8 Å². The molecule has 2 aromatic heterocycles. The summed E-state index contributed by atoms with van der Waals surface area (Å²) >= 11 is 2.66. The van der Waals surface area contributed by atoms with Gasteiger partial charge in [-0.15, -0.1) is 11.3 Å². The number of thioether (sulfide) groups is 1. The van der Waals surface area contributed by atoms with Crippen LogP contribution in [-0.2, 0) is 16.1 Å². The molecule has 0 aliphatic rings. The second-order valence-electron chi connectivity index (χ2n) is 7.03. The van der Waals surface area contributed by atoms with Crippen molar-refractivity contribution in [2.24, 2.45) is 0 Å². The number of methoxy groups -OCH3 is 1. The van der Waals surface area contributed by atoms with E-state index in [0.29, 0.717) is 26.0 Å². The molecule has 0 fully saturated rings. The van der Waals surface area contributed by atoms with E-state index in [9.17, 15) is 19.2 Å². The standard InChI is InChI=1S/C23H20N4O5S2/c1-3-33-22-25-19-18(34-22)20(29)27(16-7-5-4-6-8-16)23(31)26(19)13-17(28)24-15-11-9-14(10-12-15)21(30)32-2/h4-12H,3,13H2,1-2H3,(H,24,28). The van der Waals surface area contributed by atoms with Gasteiger partial charge in [0.2, 0.25) is 5.91 Å². The van der Waals surface area contributed by atoms with E-state index < -0.39 is 23.1 Å². The highest BCUT2D eigenvalue weighted by Gasteiger charge is 2.20. The van der Waals surface area contributed by atoms with Crippen LogP contribution >= 0.6 is 23.1 Å². The Kier molecular flexibility index (Phi) is 6.94. The zero-order valence-electron chi connectivity index (χ0n) is 18.3. The number of carbonyl (C=O) groups excluding carboxylic acids is 2. The lowest BCUT2D eigenvalue weighted by molar-refractivity contribution is -0.116. The Morgan fingerprint density at radius 3 is 2.44 bits per heavy atom. The number of benzene rings is 2. The molecule has 2 heterocycles. The maximum atomic E-state index is 13.4. The van der Waals surface area contributed by atoms with Crippen molar-refractivity contribution in [3.8, 4) is 5.69 Å². The molecule has 4 rings (SSSR count). The summed E-state index contributed by atoms with van der Waals surface area (Å²) in [7, 11) is 1.29. The molecule has 0 radical (unpaired) electrons. The van der Waals surface area contributed by atoms with Crippen molar-refractivity contribution < 1.29 is 14.3 Å². The summed E-state index contributed by atoms with van der Waals surface area (Å²) in [5, 5.41) is 2.70. The van der Waals surface area contributed by atoms with Gasteiger partial charge in [0.1, 0.15) is 11.2 Å². The lowest BCUT2D eigenvalue weighted by Gasteiger charge is -2.12. The van der Waals surface area contributed by atoms with Crippen molar-refractivity contribution in [3.63, 3.8) is 0 Å².